The third kappa shape index (κ3) is 3.94. The first-order valence-corrected chi connectivity index (χ1v) is 8.27. The average Bonchev–Trinajstić information content (AvgIpc) is 2.60. The molecule has 1 nitrogen and oxygen atoms in total. The highest BCUT2D eigenvalue weighted by Crippen LogP contribution is 2.29. The van der Waals surface area contributed by atoms with E-state index in [4.69, 9.17) is 11.6 Å². The Labute approximate surface area is 142 Å². The van der Waals surface area contributed by atoms with Gasteiger partial charge in [-0.3, -0.25) is 0 Å². The molecule has 0 aliphatic rings. The van der Waals surface area contributed by atoms with Crippen molar-refractivity contribution in [2.75, 3.05) is 0 Å². The molecular formula is C21H19ClO. The van der Waals surface area contributed by atoms with E-state index in [-0.39, 0.29) is 0 Å². The molecule has 0 fully saturated rings. The summed E-state index contributed by atoms with van der Waals surface area (Å²) in [6.07, 6.45) is 1.42. The molecule has 1 N–H and O–H groups in total. The van der Waals surface area contributed by atoms with Crippen LogP contribution in [0.25, 0.3) is 0 Å². The van der Waals surface area contributed by atoms with Gasteiger partial charge in [0.2, 0.25) is 0 Å². The van der Waals surface area contributed by atoms with Crippen LogP contribution < -0.4 is 0 Å². The number of hydrogen-bond donors (Lipinski definition) is 1. The molecule has 0 spiro atoms. The van der Waals surface area contributed by atoms with E-state index in [1.54, 1.807) is 0 Å². The van der Waals surface area contributed by atoms with Crippen LogP contribution in [0.15, 0.2) is 72.8 Å². The molecule has 3 rings (SSSR count). The van der Waals surface area contributed by atoms with Crippen molar-refractivity contribution >= 4 is 11.6 Å². The van der Waals surface area contributed by atoms with E-state index in [1.807, 2.05) is 48.5 Å². The zero-order valence-corrected chi connectivity index (χ0v) is 13.6. The maximum Gasteiger partial charge on any atom is 0.122 e. The summed E-state index contributed by atoms with van der Waals surface area (Å²) in [7, 11) is 0. The minimum absolute atomic E-state index is 0.381. The SMILES string of the molecule is Oc1c(Cc2ccccc2)cc(CCl)cc1Cc1ccccc1. The van der Waals surface area contributed by atoms with Gasteiger partial charge in [-0.25, -0.2) is 0 Å². The predicted molar refractivity (Wildman–Crippen MR) is 96.2 cm³/mol. The zero-order valence-electron chi connectivity index (χ0n) is 12.9. The molecular weight excluding hydrogens is 304 g/mol. The molecule has 0 atom stereocenters. The summed E-state index contributed by atoms with van der Waals surface area (Å²) in [5.74, 6) is 0.829. The predicted octanol–water partition coefficient (Wildman–Crippen LogP) is 5.31. The molecule has 0 heterocycles. The third-order valence-corrected chi connectivity index (χ3v) is 4.27. The molecule has 0 unspecified atom stereocenters. The second-order valence-electron chi connectivity index (χ2n) is 5.72. The zero-order chi connectivity index (χ0) is 16.1. The monoisotopic (exact) mass is 322 g/mol. The van der Waals surface area contributed by atoms with Gasteiger partial charge in [-0.2, -0.15) is 0 Å². The van der Waals surface area contributed by atoms with Crippen molar-refractivity contribution in [3.8, 4) is 5.75 Å². The Morgan fingerprint density at radius 1 is 0.652 bits per heavy atom. The molecule has 0 aromatic heterocycles. The van der Waals surface area contributed by atoms with E-state index < -0.39 is 0 Å². The highest BCUT2D eigenvalue weighted by molar-refractivity contribution is 6.17. The van der Waals surface area contributed by atoms with Gasteiger partial charge < -0.3 is 5.11 Å². The van der Waals surface area contributed by atoms with Crippen LogP contribution in [0.2, 0.25) is 0 Å². The Hall–Kier alpha value is -2.25. The van der Waals surface area contributed by atoms with Crippen LogP contribution in [-0.4, -0.2) is 5.11 Å². The fourth-order valence-corrected chi connectivity index (χ4v) is 2.96. The van der Waals surface area contributed by atoms with E-state index >= 15 is 0 Å². The summed E-state index contributed by atoms with van der Waals surface area (Å²) in [6.45, 7) is 0. The number of hydrogen-bond acceptors (Lipinski definition) is 1. The fourth-order valence-electron chi connectivity index (χ4n) is 2.81. The van der Waals surface area contributed by atoms with Crippen LogP contribution in [0.1, 0.15) is 27.8 Å². The van der Waals surface area contributed by atoms with Gasteiger partial charge in [0.05, 0.1) is 0 Å². The second-order valence-corrected chi connectivity index (χ2v) is 5.99. The van der Waals surface area contributed by atoms with Crippen molar-refractivity contribution in [3.63, 3.8) is 0 Å². The van der Waals surface area contributed by atoms with Gasteiger partial charge in [0.15, 0.2) is 0 Å². The molecule has 116 valence electrons. The van der Waals surface area contributed by atoms with Crippen LogP contribution in [0.3, 0.4) is 0 Å². The Bertz CT molecular complexity index is 704. The molecule has 0 aliphatic carbocycles. The number of phenols is 1. The Morgan fingerprint density at radius 3 is 1.48 bits per heavy atom. The molecule has 0 saturated heterocycles. The summed E-state index contributed by atoms with van der Waals surface area (Å²) >= 11 is 6.05. The second kappa shape index (κ2) is 7.34. The average molecular weight is 323 g/mol. The fraction of sp³-hybridized carbons (Fsp3) is 0.143. The molecule has 23 heavy (non-hydrogen) atoms. The molecule has 0 radical (unpaired) electrons. The van der Waals surface area contributed by atoms with E-state index in [0.717, 1.165) is 16.7 Å². The molecule has 0 amide bonds. The maximum absolute atomic E-state index is 10.7. The van der Waals surface area contributed by atoms with Gasteiger partial charge in [0, 0.05) is 18.7 Å². The molecule has 0 aliphatic heterocycles. The van der Waals surface area contributed by atoms with Crippen molar-refractivity contribution < 1.29 is 5.11 Å². The van der Waals surface area contributed by atoms with Crippen molar-refractivity contribution in [1.29, 1.82) is 0 Å². The highest BCUT2D eigenvalue weighted by Gasteiger charge is 2.11. The minimum atomic E-state index is 0.381. The van der Waals surface area contributed by atoms with E-state index in [1.165, 1.54) is 11.1 Å². The first kappa shape index (κ1) is 15.6. The first-order chi connectivity index (χ1) is 11.3. The van der Waals surface area contributed by atoms with Crippen LogP contribution in [0.5, 0.6) is 5.75 Å². The molecule has 2 heteroatoms. The van der Waals surface area contributed by atoms with Crippen LogP contribution in [-0.2, 0) is 18.7 Å². The summed E-state index contributed by atoms with van der Waals surface area (Å²) in [5.41, 5.74) is 5.27. The van der Waals surface area contributed by atoms with Gasteiger partial charge >= 0.3 is 0 Å². The third-order valence-electron chi connectivity index (χ3n) is 3.96. The number of alkyl halides is 1. The van der Waals surface area contributed by atoms with Gasteiger partial charge in [0.25, 0.3) is 0 Å². The van der Waals surface area contributed by atoms with E-state index in [9.17, 15) is 5.11 Å². The molecule has 0 saturated carbocycles. The lowest BCUT2D eigenvalue weighted by atomic mass is 9.95. The minimum Gasteiger partial charge on any atom is -0.507 e. The smallest absolute Gasteiger partial charge is 0.122 e. The lowest BCUT2D eigenvalue weighted by Gasteiger charge is -2.13. The number of benzene rings is 3. The summed E-state index contributed by atoms with van der Waals surface area (Å²) < 4.78 is 0. The summed E-state index contributed by atoms with van der Waals surface area (Å²) in [6, 6.07) is 24.4. The molecule has 3 aromatic carbocycles. The molecule has 0 bridgehead atoms. The lowest BCUT2D eigenvalue weighted by Crippen LogP contribution is -1.97. The standard InChI is InChI=1S/C21H19ClO/c22-15-18-13-19(11-16-7-3-1-4-8-16)21(23)20(14-18)12-17-9-5-2-6-10-17/h1-10,13-14,23H,11-12,15H2. The number of aromatic hydroxyl groups is 1. The van der Waals surface area contributed by atoms with Crippen molar-refractivity contribution in [3.05, 3.63) is 101 Å². The van der Waals surface area contributed by atoms with Crippen molar-refractivity contribution in [2.45, 2.75) is 18.7 Å². The number of rotatable bonds is 5. The number of halogens is 1. The normalized spacial score (nSPS) is 10.7. The Morgan fingerprint density at radius 2 is 1.09 bits per heavy atom. The van der Waals surface area contributed by atoms with Gasteiger partial charge in [0.1, 0.15) is 5.75 Å². The largest absolute Gasteiger partial charge is 0.507 e. The van der Waals surface area contributed by atoms with Gasteiger partial charge in [-0.05, 0) is 27.8 Å². The van der Waals surface area contributed by atoms with Crippen molar-refractivity contribution in [2.24, 2.45) is 0 Å². The van der Waals surface area contributed by atoms with Gasteiger partial charge in [-0.15, -0.1) is 11.6 Å². The van der Waals surface area contributed by atoms with Crippen LogP contribution in [0, 0.1) is 0 Å². The Kier molecular flexibility index (Phi) is 4.99. The first-order valence-electron chi connectivity index (χ1n) is 7.73. The highest BCUT2D eigenvalue weighted by atomic mass is 35.5. The van der Waals surface area contributed by atoms with Crippen LogP contribution >= 0.6 is 11.6 Å². The van der Waals surface area contributed by atoms with Gasteiger partial charge in [-0.1, -0.05) is 72.8 Å². The quantitative estimate of drug-likeness (QED) is 0.631. The van der Waals surface area contributed by atoms with Crippen molar-refractivity contribution in [1.82, 2.24) is 0 Å². The summed E-state index contributed by atoms with van der Waals surface area (Å²) in [4.78, 5) is 0. The van der Waals surface area contributed by atoms with E-state index in [2.05, 4.69) is 24.3 Å². The van der Waals surface area contributed by atoms with Crippen LogP contribution in [0.4, 0.5) is 0 Å². The topological polar surface area (TPSA) is 20.2 Å². The Balaban J connectivity index is 1.95. The van der Waals surface area contributed by atoms with E-state index in [0.29, 0.717) is 24.5 Å². The lowest BCUT2D eigenvalue weighted by molar-refractivity contribution is 0.463. The summed E-state index contributed by atoms with van der Waals surface area (Å²) in [5, 5.41) is 10.7. The molecule has 3 aromatic rings. The maximum atomic E-state index is 10.7. The number of phenolic OH excluding ortho intramolecular Hbond substituents is 1.